The van der Waals surface area contributed by atoms with Gasteiger partial charge >= 0.3 is 0 Å². The molecule has 0 radical (unpaired) electrons. The Hall–Kier alpha value is -0.840. The highest BCUT2D eigenvalue weighted by atomic mass is 79.9. The number of hydrogen-bond donors (Lipinski definition) is 0. The molecule has 0 spiro atoms. The molecule has 94 valence electrons. The topological polar surface area (TPSA) is 22.1 Å². The Bertz CT molecular complexity index is 580. The van der Waals surface area contributed by atoms with Gasteiger partial charge in [0.1, 0.15) is 11.6 Å². The minimum Gasteiger partial charge on any atom is -0.439 e. The van der Waals surface area contributed by atoms with Crippen molar-refractivity contribution in [2.24, 2.45) is 0 Å². The summed E-state index contributed by atoms with van der Waals surface area (Å²) < 4.78 is 18.9. The number of pyridine rings is 1. The van der Waals surface area contributed by atoms with Crippen LogP contribution >= 0.6 is 39.1 Å². The van der Waals surface area contributed by atoms with E-state index in [1.165, 1.54) is 24.4 Å². The van der Waals surface area contributed by atoms with Gasteiger partial charge in [-0.3, -0.25) is 0 Å². The van der Waals surface area contributed by atoms with Crippen molar-refractivity contribution >= 4 is 39.1 Å². The van der Waals surface area contributed by atoms with E-state index in [0.717, 1.165) is 5.56 Å². The summed E-state index contributed by atoms with van der Waals surface area (Å²) in [6.07, 6.45) is 1.47. The Morgan fingerprint density at radius 2 is 2.11 bits per heavy atom. The molecule has 0 N–H and O–H groups in total. The molecule has 1 aromatic carbocycles. The smallest absolute Gasteiger partial charge is 0.219 e. The maximum Gasteiger partial charge on any atom is 0.219 e. The van der Waals surface area contributed by atoms with Gasteiger partial charge in [-0.25, -0.2) is 9.37 Å². The molecule has 1 aromatic heterocycles. The van der Waals surface area contributed by atoms with Gasteiger partial charge in [0.05, 0.1) is 9.50 Å². The van der Waals surface area contributed by atoms with E-state index in [-0.39, 0.29) is 11.7 Å². The van der Waals surface area contributed by atoms with Gasteiger partial charge < -0.3 is 4.74 Å². The van der Waals surface area contributed by atoms with E-state index in [1.807, 2.05) is 0 Å². The van der Waals surface area contributed by atoms with Gasteiger partial charge in [-0.2, -0.15) is 0 Å². The zero-order valence-electron chi connectivity index (χ0n) is 8.96. The average molecular weight is 351 g/mol. The van der Waals surface area contributed by atoms with Crippen molar-refractivity contribution < 1.29 is 9.13 Å². The lowest BCUT2D eigenvalue weighted by Gasteiger charge is -2.07. The quantitative estimate of drug-likeness (QED) is 0.712. The first kappa shape index (κ1) is 13.6. The average Bonchev–Trinajstić information content (AvgIpc) is 2.36. The maximum absolute atomic E-state index is 13.1. The van der Waals surface area contributed by atoms with Crippen LogP contribution in [-0.4, -0.2) is 4.98 Å². The van der Waals surface area contributed by atoms with Gasteiger partial charge in [0.25, 0.3) is 0 Å². The van der Waals surface area contributed by atoms with Crippen molar-refractivity contribution in [3.63, 3.8) is 0 Å². The summed E-state index contributed by atoms with van der Waals surface area (Å²) >= 11 is 14.7. The lowest BCUT2D eigenvalue weighted by atomic mass is 10.3. The van der Waals surface area contributed by atoms with Gasteiger partial charge in [-0.05, 0) is 39.7 Å². The van der Waals surface area contributed by atoms with Crippen LogP contribution < -0.4 is 4.74 Å². The maximum atomic E-state index is 13.1. The molecule has 0 amide bonds. The number of benzene rings is 1. The van der Waals surface area contributed by atoms with E-state index in [2.05, 4.69) is 20.9 Å². The molecule has 0 aliphatic rings. The molecule has 2 nitrogen and oxygen atoms in total. The molecule has 6 heteroatoms. The normalized spacial score (nSPS) is 10.4. The predicted molar refractivity (Wildman–Crippen MR) is 73.0 cm³/mol. The Morgan fingerprint density at radius 3 is 2.78 bits per heavy atom. The third-order valence-corrected chi connectivity index (χ3v) is 3.40. The number of aromatic nitrogens is 1. The summed E-state index contributed by atoms with van der Waals surface area (Å²) in [6, 6.07) is 5.98. The number of ether oxygens (including phenoxy) is 1. The van der Waals surface area contributed by atoms with Crippen LogP contribution in [0.15, 0.2) is 34.9 Å². The van der Waals surface area contributed by atoms with E-state index < -0.39 is 0 Å². The number of alkyl halides is 1. The zero-order valence-corrected chi connectivity index (χ0v) is 12.1. The predicted octanol–water partition coefficient (Wildman–Crippen LogP) is 5.17. The third-order valence-electron chi connectivity index (χ3n) is 2.17. The lowest BCUT2D eigenvalue weighted by Crippen LogP contribution is -1.91. The summed E-state index contributed by atoms with van der Waals surface area (Å²) in [5.41, 5.74) is 0.726. The third kappa shape index (κ3) is 3.13. The molecule has 2 rings (SSSR count). The molecule has 18 heavy (non-hydrogen) atoms. The van der Waals surface area contributed by atoms with Crippen LogP contribution in [-0.2, 0) is 5.88 Å². The Kier molecular flexibility index (Phi) is 4.43. The fourth-order valence-corrected chi connectivity index (χ4v) is 2.10. The molecule has 1 heterocycles. The Balaban J connectivity index is 2.25. The number of hydrogen-bond acceptors (Lipinski definition) is 2. The highest BCUT2D eigenvalue weighted by molar-refractivity contribution is 9.10. The Labute approximate surface area is 122 Å². The molecule has 0 aliphatic heterocycles. The second kappa shape index (κ2) is 5.87. The second-order valence-electron chi connectivity index (χ2n) is 3.43. The summed E-state index contributed by atoms with van der Waals surface area (Å²) in [5.74, 6) is 0.741. The van der Waals surface area contributed by atoms with Crippen LogP contribution in [0.5, 0.6) is 11.6 Å². The van der Waals surface area contributed by atoms with Crippen LogP contribution in [0.4, 0.5) is 4.39 Å². The molecule has 0 fully saturated rings. The standard InChI is InChI=1S/C12H7BrCl2FNO/c13-9-4-8(1-2-11(9)16)18-12-3-7(5-14)10(15)6-17-12/h1-4,6H,5H2. The molecule has 0 saturated heterocycles. The van der Waals surface area contributed by atoms with Crippen LogP contribution in [0.25, 0.3) is 0 Å². The minimum absolute atomic E-state index is 0.269. The summed E-state index contributed by atoms with van der Waals surface area (Å²) in [5, 5.41) is 0.484. The minimum atomic E-state index is -0.354. The van der Waals surface area contributed by atoms with Crippen molar-refractivity contribution in [2.45, 2.75) is 5.88 Å². The second-order valence-corrected chi connectivity index (χ2v) is 4.95. The molecular formula is C12H7BrCl2FNO. The van der Waals surface area contributed by atoms with E-state index in [1.54, 1.807) is 6.07 Å². The monoisotopic (exact) mass is 349 g/mol. The number of nitrogens with zero attached hydrogens (tertiary/aromatic N) is 1. The SMILES string of the molecule is Fc1ccc(Oc2cc(CCl)c(Cl)cn2)cc1Br. The van der Waals surface area contributed by atoms with Crippen molar-refractivity contribution in [1.82, 2.24) is 4.98 Å². The van der Waals surface area contributed by atoms with E-state index in [9.17, 15) is 4.39 Å². The van der Waals surface area contributed by atoms with E-state index in [4.69, 9.17) is 27.9 Å². The summed E-state index contributed by atoms with van der Waals surface area (Å²) in [7, 11) is 0. The molecule has 0 saturated carbocycles. The van der Waals surface area contributed by atoms with Crippen LogP contribution in [0.3, 0.4) is 0 Å². The molecule has 0 aliphatic carbocycles. The van der Waals surface area contributed by atoms with Gasteiger partial charge in [0.15, 0.2) is 0 Å². The van der Waals surface area contributed by atoms with E-state index >= 15 is 0 Å². The van der Waals surface area contributed by atoms with Crippen molar-refractivity contribution in [3.05, 3.63) is 51.3 Å². The van der Waals surface area contributed by atoms with Crippen molar-refractivity contribution in [1.29, 1.82) is 0 Å². The first-order valence-corrected chi connectivity index (χ1v) is 6.64. The first-order valence-electron chi connectivity index (χ1n) is 4.93. The first-order chi connectivity index (χ1) is 8.60. The van der Waals surface area contributed by atoms with Gasteiger partial charge in [0.2, 0.25) is 5.88 Å². The number of halogens is 4. The molecule has 0 unspecified atom stereocenters. The highest BCUT2D eigenvalue weighted by Crippen LogP contribution is 2.27. The Morgan fingerprint density at radius 1 is 1.33 bits per heavy atom. The van der Waals surface area contributed by atoms with Gasteiger partial charge in [-0.1, -0.05) is 11.6 Å². The van der Waals surface area contributed by atoms with E-state index in [0.29, 0.717) is 21.1 Å². The summed E-state index contributed by atoms with van der Waals surface area (Å²) in [6.45, 7) is 0. The summed E-state index contributed by atoms with van der Waals surface area (Å²) in [4.78, 5) is 4.01. The molecule has 2 aromatic rings. The fraction of sp³-hybridized carbons (Fsp3) is 0.0833. The van der Waals surface area contributed by atoms with Crippen molar-refractivity contribution in [2.75, 3.05) is 0 Å². The van der Waals surface area contributed by atoms with Gasteiger partial charge in [0, 0.05) is 18.1 Å². The van der Waals surface area contributed by atoms with Crippen LogP contribution in [0, 0.1) is 5.82 Å². The van der Waals surface area contributed by atoms with Crippen LogP contribution in [0.2, 0.25) is 5.02 Å². The molecular weight excluding hydrogens is 344 g/mol. The fourth-order valence-electron chi connectivity index (χ4n) is 1.28. The van der Waals surface area contributed by atoms with Gasteiger partial charge in [-0.15, -0.1) is 11.6 Å². The molecule has 0 bridgehead atoms. The molecule has 0 atom stereocenters. The lowest BCUT2D eigenvalue weighted by molar-refractivity contribution is 0.460. The zero-order chi connectivity index (χ0) is 13.1. The van der Waals surface area contributed by atoms with Crippen LogP contribution in [0.1, 0.15) is 5.56 Å². The van der Waals surface area contributed by atoms with Crippen molar-refractivity contribution in [3.8, 4) is 11.6 Å². The number of rotatable bonds is 3. The highest BCUT2D eigenvalue weighted by Gasteiger charge is 2.06. The largest absolute Gasteiger partial charge is 0.439 e.